The lowest BCUT2D eigenvalue weighted by Crippen LogP contribution is -2.42. The first kappa shape index (κ1) is 20.8. The number of alkyl halides is 3. The van der Waals surface area contributed by atoms with Crippen LogP contribution >= 0.6 is 0 Å². The summed E-state index contributed by atoms with van der Waals surface area (Å²) < 4.78 is 40.5. The number of nitrogens with one attached hydrogen (secondary N) is 2. The molecule has 27 heavy (non-hydrogen) atoms. The third-order valence-corrected chi connectivity index (χ3v) is 4.16. The van der Waals surface area contributed by atoms with Gasteiger partial charge in [-0.2, -0.15) is 0 Å². The summed E-state index contributed by atoms with van der Waals surface area (Å²) in [7, 11) is 1.76. The minimum atomic E-state index is -4.69. The van der Waals surface area contributed by atoms with E-state index in [2.05, 4.69) is 15.4 Å². The summed E-state index contributed by atoms with van der Waals surface area (Å²) in [5.74, 6) is -0.261. The van der Waals surface area contributed by atoms with E-state index in [-0.39, 0.29) is 17.7 Å². The monoisotopic (exact) mass is 380 g/mol. The minimum Gasteiger partial charge on any atom is -0.406 e. The van der Waals surface area contributed by atoms with Crippen molar-refractivity contribution in [2.24, 2.45) is 0 Å². The molecule has 2 N–H and O–H groups in total. The van der Waals surface area contributed by atoms with Crippen molar-refractivity contribution in [1.29, 1.82) is 0 Å². The molecule has 0 aliphatic carbocycles. The Labute approximate surface area is 156 Å². The zero-order valence-corrected chi connectivity index (χ0v) is 15.3. The third kappa shape index (κ3) is 6.60. The molecule has 1 unspecified atom stereocenters. The standard InChI is InChI=1S/C20H23F3N2O2/c1-3-18(24-2)19(26)25-13-12-14-4-6-15(7-5-14)16-8-10-17(11-9-16)27-20(21,22)23/h4-11,18,24H,3,12-13H2,1-2H3,(H,25,26). The van der Waals surface area contributed by atoms with E-state index in [1.54, 1.807) is 19.2 Å². The van der Waals surface area contributed by atoms with Gasteiger partial charge in [-0.25, -0.2) is 0 Å². The van der Waals surface area contributed by atoms with Gasteiger partial charge in [0.2, 0.25) is 5.91 Å². The first-order valence-corrected chi connectivity index (χ1v) is 8.72. The summed E-state index contributed by atoms with van der Waals surface area (Å²) in [5.41, 5.74) is 2.75. The minimum absolute atomic E-state index is 0.0159. The molecule has 1 amide bonds. The maximum Gasteiger partial charge on any atom is 0.573 e. The van der Waals surface area contributed by atoms with Crippen LogP contribution in [0.3, 0.4) is 0 Å². The van der Waals surface area contributed by atoms with Gasteiger partial charge in [0.05, 0.1) is 6.04 Å². The molecule has 2 aromatic rings. The number of hydrogen-bond donors (Lipinski definition) is 2. The number of amides is 1. The molecular formula is C20H23F3N2O2. The molecule has 0 fully saturated rings. The molecule has 1 atom stereocenters. The molecule has 0 aliphatic rings. The Hall–Kier alpha value is -2.54. The first-order chi connectivity index (χ1) is 12.8. The molecule has 0 saturated heterocycles. The molecule has 4 nitrogen and oxygen atoms in total. The summed E-state index contributed by atoms with van der Waals surface area (Å²) in [6.45, 7) is 2.49. The average Bonchev–Trinajstić information content (AvgIpc) is 2.63. The zero-order chi connectivity index (χ0) is 19.9. The quantitative estimate of drug-likeness (QED) is 0.730. The second-order valence-corrected chi connectivity index (χ2v) is 6.06. The van der Waals surface area contributed by atoms with E-state index >= 15 is 0 Å². The largest absolute Gasteiger partial charge is 0.573 e. The van der Waals surface area contributed by atoms with Gasteiger partial charge in [-0.15, -0.1) is 13.2 Å². The lowest BCUT2D eigenvalue weighted by atomic mass is 10.0. The fourth-order valence-electron chi connectivity index (χ4n) is 2.69. The third-order valence-electron chi connectivity index (χ3n) is 4.16. The van der Waals surface area contributed by atoms with Gasteiger partial charge in [-0.05, 0) is 48.7 Å². The Balaban J connectivity index is 1.90. The number of carbonyl (C=O) groups excluding carboxylic acids is 1. The highest BCUT2D eigenvalue weighted by Crippen LogP contribution is 2.26. The van der Waals surface area contributed by atoms with Crippen LogP contribution in [0.2, 0.25) is 0 Å². The number of halogens is 3. The van der Waals surface area contributed by atoms with Gasteiger partial charge >= 0.3 is 6.36 Å². The van der Waals surface area contributed by atoms with Crippen LogP contribution in [-0.2, 0) is 11.2 Å². The molecular weight excluding hydrogens is 357 g/mol. The Morgan fingerprint density at radius 3 is 2.07 bits per heavy atom. The maximum absolute atomic E-state index is 12.2. The fourth-order valence-corrected chi connectivity index (χ4v) is 2.69. The van der Waals surface area contributed by atoms with Crippen LogP contribution in [0, 0.1) is 0 Å². The van der Waals surface area contributed by atoms with Gasteiger partial charge in [0.15, 0.2) is 0 Å². The lowest BCUT2D eigenvalue weighted by Gasteiger charge is -2.14. The van der Waals surface area contributed by atoms with Crippen molar-refractivity contribution < 1.29 is 22.7 Å². The SMILES string of the molecule is CCC(NC)C(=O)NCCc1ccc(-c2ccc(OC(F)(F)F)cc2)cc1. The van der Waals surface area contributed by atoms with Crippen molar-refractivity contribution in [2.75, 3.05) is 13.6 Å². The molecule has 2 rings (SSSR count). The highest BCUT2D eigenvalue weighted by atomic mass is 19.4. The summed E-state index contributed by atoms with van der Waals surface area (Å²) in [5, 5.41) is 5.86. The zero-order valence-electron chi connectivity index (χ0n) is 15.3. The number of ether oxygens (including phenoxy) is 1. The van der Waals surface area contributed by atoms with Crippen molar-refractivity contribution in [2.45, 2.75) is 32.2 Å². The smallest absolute Gasteiger partial charge is 0.406 e. The second kappa shape index (κ2) is 9.41. The number of hydrogen-bond acceptors (Lipinski definition) is 3. The van der Waals surface area contributed by atoms with Crippen LogP contribution in [-0.4, -0.2) is 31.9 Å². The number of rotatable bonds is 8. The number of benzene rings is 2. The highest BCUT2D eigenvalue weighted by molar-refractivity contribution is 5.81. The van der Waals surface area contributed by atoms with Gasteiger partial charge in [-0.3, -0.25) is 4.79 Å². The Kier molecular flexibility index (Phi) is 7.24. The predicted octanol–water partition coefficient (Wildman–Crippen LogP) is 3.91. The Bertz CT molecular complexity index is 724. The molecule has 0 radical (unpaired) electrons. The maximum atomic E-state index is 12.2. The lowest BCUT2D eigenvalue weighted by molar-refractivity contribution is -0.274. The molecule has 0 aliphatic heterocycles. The van der Waals surface area contributed by atoms with Gasteiger partial charge in [0, 0.05) is 6.54 Å². The molecule has 7 heteroatoms. The molecule has 0 bridgehead atoms. The van der Waals surface area contributed by atoms with Crippen molar-refractivity contribution >= 4 is 5.91 Å². The van der Waals surface area contributed by atoms with Gasteiger partial charge < -0.3 is 15.4 Å². The molecule has 0 saturated carbocycles. The Morgan fingerprint density at radius 1 is 1.04 bits per heavy atom. The van der Waals surface area contributed by atoms with E-state index in [4.69, 9.17) is 0 Å². The van der Waals surface area contributed by atoms with Gasteiger partial charge in [0.25, 0.3) is 0 Å². The van der Waals surface area contributed by atoms with E-state index in [1.807, 2.05) is 31.2 Å². The normalized spacial score (nSPS) is 12.5. The predicted molar refractivity (Wildman–Crippen MR) is 98.4 cm³/mol. The molecule has 2 aromatic carbocycles. The Morgan fingerprint density at radius 2 is 1.59 bits per heavy atom. The van der Waals surface area contributed by atoms with Crippen molar-refractivity contribution in [3.63, 3.8) is 0 Å². The first-order valence-electron chi connectivity index (χ1n) is 8.72. The van der Waals surface area contributed by atoms with Gasteiger partial charge in [0.1, 0.15) is 5.75 Å². The second-order valence-electron chi connectivity index (χ2n) is 6.06. The topological polar surface area (TPSA) is 50.4 Å². The van der Waals surface area contributed by atoms with E-state index < -0.39 is 6.36 Å². The molecule has 0 heterocycles. The van der Waals surface area contributed by atoms with Crippen LogP contribution in [0.4, 0.5) is 13.2 Å². The molecule has 0 aromatic heterocycles. The van der Waals surface area contributed by atoms with Crippen molar-refractivity contribution in [3.05, 3.63) is 54.1 Å². The van der Waals surface area contributed by atoms with Gasteiger partial charge in [-0.1, -0.05) is 43.3 Å². The highest BCUT2D eigenvalue weighted by Gasteiger charge is 2.30. The van der Waals surface area contributed by atoms with Crippen LogP contribution in [0.5, 0.6) is 5.75 Å². The van der Waals surface area contributed by atoms with E-state index in [0.717, 1.165) is 23.1 Å². The molecule has 146 valence electrons. The van der Waals surface area contributed by atoms with Crippen LogP contribution in [0.1, 0.15) is 18.9 Å². The van der Waals surface area contributed by atoms with E-state index in [1.165, 1.54) is 12.1 Å². The summed E-state index contributed by atoms with van der Waals surface area (Å²) in [6, 6.07) is 13.2. The van der Waals surface area contributed by atoms with Crippen LogP contribution < -0.4 is 15.4 Å². The fraction of sp³-hybridized carbons (Fsp3) is 0.350. The number of carbonyl (C=O) groups is 1. The van der Waals surface area contributed by atoms with Crippen molar-refractivity contribution in [3.8, 4) is 16.9 Å². The average molecular weight is 380 g/mol. The van der Waals surface area contributed by atoms with E-state index in [0.29, 0.717) is 13.0 Å². The van der Waals surface area contributed by atoms with Crippen molar-refractivity contribution in [1.82, 2.24) is 10.6 Å². The van der Waals surface area contributed by atoms with E-state index in [9.17, 15) is 18.0 Å². The van der Waals surface area contributed by atoms with Crippen LogP contribution in [0.15, 0.2) is 48.5 Å². The summed E-state index contributed by atoms with van der Waals surface area (Å²) in [4.78, 5) is 11.9. The summed E-state index contributed by atoms with van der Waals surface area (Å²) in [6.07, 6.45) is -3.27. The molecule has 0 spiro atoms. The summed E-state index contributed by atoms with van der Waals surface area (Å²) >= 11 is 0. The number of likely N-dealkylation sites (N-methyl/N-ethyl adjacent to an activating group) is 1. The van der Waals surface area contributed by atoms with Crippen LogP contribution in [0.25, 0.3) is 11.1 Å².